The minimum absolute atomic E-state index is 0.459. The van der Waals surface area contributed by atoms with Crippen LogP contribution in [0.4, 0.5) is 0 Å². The number of hydrogen-bond donors (Lipinski definition) is 1. The molecule has 0 radical (unpaired) electrons. The number of nitrogens with zero attached hydrogens (tertiary/aromatic N) is 2. The van der Waals surface area contributed by atoms with E-state index in [-0.39, 0.29) is 0 Å². The second-order valence-corrected chi connectivity index (χ2v) is 4.77. The van der Waals surface area contributed by atoms with Crippen molar-refractivity contribution >= 4 is 27.5 Å². The van der Waals surface area contributed by atoms with Crippen molar-refractivity contribution in [1.29, 1.82) is 0 Å². The van der Waals surface area contributed by atoms with Gasteiger partial charge in [0, 0.05) is 22.2 Å². The van der Waals surface area contributed by atoms with E-state index in [1.807, 2.05) is 35.1 Å². The van der Waals surface area contributed by atoms with Crippen molar-refractivity contribution in [2.24, 2.45) is 5.73 Å². The molecule has 16 heavy (non-hydrogen) atoms. The smallest absolute Gasteiger partial charge is 0.0760 e. The molecule has 0 spiro atoms. The first kappa shape index (κ1) is 11.6. The van der Waals surface area contributed by atoms with Gasteiger partial charge in [-0.3, -0.25) is 4.68 Å². The van der Waals surface area contributed by atoms with Gasteiger partial charge in [0.25, 0.3) is 0 Å². The van der Waals surface area contributed by atoms with Crippen LogP contribution in [0.5, 0.6) is 0 Å². The molecular weight excluding hydrogens is 289 g/mol. The summed E-state index contributed by atoms with van der Waals surface area (Å²) in [6.07, 6.45) is 1.90. The molecule has 0 aliphatic carbocycles. The maximum Gasteiger partial charge on any atom is 0.0760 e. The van der Waals surface area contributed by atoms with E-state index >= 15 is 0 Å². The third-order valence-electron chi connectivity index (χ3n) is 2.25. The number of nitrogens with two attached hydrogens (primary N) is 1. The predicted octanol–water partition coefficient (Wildman–Crippen LogP) is 2.81. The molecule has 2 rings (SSSR count). The molecular formula is C11H11BrClN3. The zero-order valence-electron chi connectivity index (χ0n) is 8.53. The van der Waals surface area contributed by atoms with E-state index in [0.717, 1.165) is 20.8 Å². The van der Waals surface area contributed by atoms with E-state index in [2.05, 4.69) is 21.0 Å². The number of hydrogen-bond acceptors (Lipinski definition) is 2. The van der Waals surface area contributed by atoms with Gasteiger partial charge < -0.3 is 5.73 Å². The standard InChI is InChI=1S/C11H11BrClN3/c12-9-2-1-8(11(13)5-9)7-16-4-3-10(6-14)15-16/h1-5H,6-7,14H2. The van der Waals surface area contributed by atoms with E-state index in [1.165, 1.54) is 0 Å². The summed E-state index contributed by atoms with van der Waals surface area (Å²) in [5.41, 5.74) is 7.42. The highest BCUT2D eigenvalue weighted by atomic mass is 79.9. The molecule has 0 saturated heterocycles. The summed E-state index contributed by atoms with van der Waals surface area (Å²) in [6, 6.07) is 7.74. The van der Waals surface area contributed by atoms with E-state index in [1.54, 1.807) is 0 Å². The topological polar surface area (TPSA) is 43.8 Å². The summed E-state index contributed by atoms with van der Waals surface area (Å²) in [5, 5.41) is 5.04. The van der Waals surface area contributed by atoms with Gasteiger partial charge in [-0.25, -0.2) is 0 Å². The summed E-state index contributed by atoms with van der Waals surface area (Å²) in [5.74, 6) is 0. The quantitative estimate of drug-likeness (QED) is 0.947. The number of rotatable bonds is 3. The zero-order chi connectivity index (χ0) is 11.5. The Morgan fingerprint density at radius 2 is 2.19 bits per heavy atom. The van der Waals surface area contributed by atoms with Gasteiger partial charge in [-0.05, 0) is 23.8 Å². The highest BCUT2D eigenvalue weighted by Crippen LogP contribution is 2.21. The van der Waals surface area contributed by atoms with Crippen LogP contribution < -0.4 is 5.73 Å². The Bertz CT molecular complexity index is 496. The third kappa shape index (κ3) is 2.64. The van der Waals surface area contributed by atoms with Crippen molar-refractivity contribution in [2.75, 3.05) is 0 Å². The van der Waals surface area contributed by atoms with Crippen LogP contribution in [-0.4, -0.2) is 9.78 Å². The molecule has 1 heterocycles. The van der Waals surface area contributed by atoms with Crippen LogP contribution in [0.3, 0.4) is 0 Å². The lowest BCUT2D eigenvalue weighted by Gasteiger charge is -2.05. The first-order chi connectivity index (χ1) is 7.69. The predicted molar refractivity (Wildman–Crippen MR) is 68.4 cm³/mol. The largest absolute Gasteiger partial charge is 0.325 e. The summed E-state index contributed by atoms with van der Waals surface area (Å²) in [7, 11) is 0. The van der Waals surface area contributed by atoms with Gasteiger partial charge in [-0.2, -0.15) is 5.10 Å². The van der Waals surface area contributed by atoms with Crippen LogP contribution in [0, 0.1) is 0 Å². The molecule has 0 aliphatic heterocycles. The molecule has 1 aromatic carbocycles. The summed E-state index contributed by atoms with van der Waals surface area (Å²) in [6.45, 7) is 1.12. The lowest BCUT2D eigenvalue weighted by atomic mass is 10.2. The fourth-order valence-corrected chi connectivity index (χ4v) is 2.16. The fraction of sp³-hybridized carbons (Fsp3) is 0.182. The molecule has 0 amide bonds. The van der Waals surface area contributed by atoms with Gasteiger partial charge in [0.1, 0.15) is 0 Å². The lowest BCUT2D eigenvalue weighted by molar-refractivity contribution is 0.672. The Morgan fingerprint density at radius 3 is 2.81 bits per heavy atom. The van der Waals surface area contributed by atoms with Crippen molar-refractivity contribution in [1.82, 2.24) is 9.78 Å². The van der Waals surface area contributed by atoms with Crippen LogP contribution in [0.15, 0.2) is 34.9 Å². The Hall–Kier alpha value is -0.840. The van der Waals surface area contributed by atoms with Crippen molar-refractivity contribution in [3.8, 4) is 0 Å². The maximum atomic E-state index is 6.12. The second kappa shape index (κ2) is 4.99. The number of aromatic nitrogens is 2. The Labute approximate surface area is 107 Å². The highest BCUT2D eigenvalue weighted by molar-refractivity contribution is 9.10. The summed E-state index contributed by atoms with van der Waals surface area (Å²) in [4.78, 5) is 0. The molecule has 2 N–H and O–H groups in total. The van der Waals surface area contributed by atoms with Crippen LogP contribution in [-0.2, 0) is 13.1 Å². The molecule has 5 heteroatoms. The van der Waals surface area contributed by atoms with E-state index < -0.39 is 0 Å². The highest BCUT2D eigenvalue weighted by Gasteiger charge is 2.03. The minimum atomic E-state index is 0.459. The van der Waals surface area contributed by atoms with Crippen molar-refractivity contribution in [3.63, 3.8) is 0 Å². The van der Waals surface area contributed by atoms with Gasteiger partial charge in [0.05, 0.1) is 12.2 Å². The van der Waals surface area contributed by atoms with Crippen molar-refractivity contribution < 1.29 is 0 Å². The molecule has 0 aliphatic rings. The van der Waals surface area contributed by atoms with Crippen LogP contribution in [0.25, 0.3) is 0 Å². The molecule has 3 nitrogen and oxygen atoms in total. The molecule has 84 valence electrons. The molecule has 0 saturated carbocycles. The average Bonchev–Trinajstić information content (AvgIpc) is 2.70. The Morgan fingerprint density at radius 1 is 1.38 bits per heavy atom. The molecule has 2 aromatic rings. The van der Waals surface area contributed by atoms with Crippen LogP contribution in [0.2, 0.25) is 5.02 Å². The van der Waals surface area contributed by atoms with Gasteiger partial charge >= 0.3 is 0 Å². The molecule has 0 atom stereocenters. The summed E-state index contributed by atoms with van der Waals surface area (Å²) < 4.78 is 2.81. The molecule has 0 fully saturated rings. The number of halogens is 2. The van der Waals surface area contributed by atoms with Crippen molar-refractivity contribution in [3.05, 3.63) is 51.2 Å². The lowest BCUT2D eigenvalue weighted by Crippen LogP contribution is -2.03. The minimum Gasteiger partial charge on any atom is -0.325 e. The normalized spacial score (nSPS) is 10.7. The van der Waals surface area contributed by atoms with Crippen LogP contribution >= 0.6 is 27.5 Å². The van der Waals surface area contributed by atoms with Gasteiger partial charge in [-0.15, -0.1) is 0 Å². The summed E-state index contributed by atoms with van der Waals surface area (Å²) >= 11 is 9.50. The Kier molecular flexibility index (Phi) is 3.63. The van der Waals surface area contributed by atoms with Crippen molar-refractivity contribution in [2.45, 2.75) is 13.1 Å². The Balaban J connectivity index is 2.20. The molecule has 0 unspecified atom stereocenters. The van der Waals surface area contributed by atoms with Gasteiger partial charge in [0.2, 0.25) is 0 Å². The maximum absolute atomic E-state index is 6.12. The first-order valence-corrected chi connectivity index (χ1v) is 6.02. The SMILES string of the molecule is NCc1ccn(Cc2ccc(Br)cc2Cl)n1. The van der Waals surface area contributed by atoms with E-state index in [0.29, 0.717) is 13.1 Å². The third-order valence-corrected chi connectivity index (χ3v) is 3.10. The molecule has 0 bridgehead atoms. The van der Waals surface area contributed by atoms with Gasteiger partial charge in [-0.1, -0.05) is 33.6 Å². The monoisotopic (exact) mass is 299 g/mol. The first-order valence-electron chi connectivity index (χ1n) is 4.85. The van der Waals surface area contributed by atoms with E-state index in [4.69, 9.17) is 17.3 Å². The molecule has 1 aromatic heterocycles. The fourth-order valence-electron chi connectivity index (χ4n) is 1.43. The number of benzene rings is 1. The average molecular weight is 301 g/mol. The zero-order valence-corrected chi connectivity index (χ0v) is 10.9. The second-order valence-electron chi connectivity index (χ2n) is 3.44. The van der Waals surface area contributed by atoms with Gasteiger partial charge in [0.15, 0.2) is 0 Å². The van der Waals surface area contributed by atoms with Crippen LogP contribution in [0.1, 0.15) is 11.3 Å². The van der Waals surface area contributed by atoms with E-state index in [9.17, 15) is 0 Å².